The van der Waals surface area contributed by atoms with Crippen molar-refractivity contribution in [1.29, 1.82) is 5.26 Å². The molecule has 0 spiro atoms. The smallest absolute Gasteiger partial charge is 0.254 e. The van der Waals surface area contributed by atoms with Gasteiger partial charge in [-0.05, 0) is 30.9 Å². The van der Waals surface area contributed by atoms with Gasteiger partial charge in [-0.3, -0.25) is 9.59 Å². The van der Waals surface area contributed by atoms with Crippen molar-refractivity contribution >= 4 is 11.8 Å². The average molecular weight is 345 g/mol. The Morgan fingerprint density at radius 3 is 2.32 bits per heavy atom. The second-order valence-electron chi connectivity index (χ2n) is 5.98. The van der Waals surface area contributed by atoms with Crippen molar-refractivity contribution in [1.82, 2.24) is 10.2 Å². The number of nitrogens with one attached hydrogen (secondary N) is 1. The molecule has 1 fully saturated rings. The Morgan fingerprint density at radius 1 is 1.20 bits per heavy atom. The molecule has 0 unspecified atom stereocenters. The van der Waals surface area contributed by atoms with E-state index >= 15 is 0 Å². The molecule has 7 heteroatoms. The summed E-state index contributed by atoms with van der Waals surface area (Å²) in [7, 11) is 3.10. The first-order chi connectivity index (χ1) is 12.1. The number of ether oxygens (including phenoxy) is 2. The van der Waals surface area contributed by atoms with Gasteiger partial charge in [-0.1, -0.05) is 0 Å². The third-order valence-electron chi connectivity index (χ3n) is 4.33. The lowest BCUT2D eigenvalue weighted by molar-refractivity contribution is -0.120. The molecule has 134 valence electrons. The summed E-state index contributed by atoms with van der Waals surface area (Å²) in [6.45, 7) is 1.82. The van der Waals surface area contributed by atoms with E-state index in [2.05, 4.69) is 5.32 Å². The van der Waals surface area contributed by atoms with Crippen molar-refractivity contribution < 1.29 is 19.1 Å². The molecule has 1 aliphatic rings. The minimum atomic E-state index is -0.246. The van der Waals surface area contributed by atoms with Crippen LogP contribution in [-0.4, -0.2) is 50.6 Å². The molecule has 1 aromatic carbocycles. The number of methoxy groups -OCH3 is 2. The van der Waals surface area contributed by atoms with Crippen LogP contribution in [0, 0.1) is 17.2 Å². The lowest BCUT2D eigenvalue weighted by Gasteiger charge is -2.32. The molecular formula is C18H23N3O4. The molecule has 1 saturated heterocycles. The van der Waals surface area contributed by atoms with Crippen LogP contribution < -0.4 is 14.8 Å². The number of hydrogen-bond acceptors (Lipinski definition) is 5. The van der Waals surface area contributed by atoms with E-state index in [0.717, 1.165) is 12.8 Å². The lowest BCUT2D eigenvalue weighted by Crippen LogP contribution is -2.41. The van der Waals surface area contributed by atoms with Crippen LogP contribution in [0.3, 0.4) is 0 Å². The largest absolute Gasteiger partial charge is 0.497 e. The minimum Gasteiger partial charge on any atom is -0.497 e. The molecule has 7 nitrogen and oxygen atoms in total. The summed E-state index contributed by atoms with van der Waals surface area (Å²) in [6, 6.07) is 6.97. The van der Waals surface area contributed by atoms with Gasteiger partial charge >= 0.3 is 0 Å². The molecule has 2 amide bonds. The zero-order valence-corrected chi connectivity index (χ0v) is 14.6. The number of rotatable bonds is 6. The molecule has 1 heterocycles. The van der Waals surface area contributed by atoms with Gasteiger partial charge in [-0.15, -0.1) is 0 Å². The van der Waals surface area contributed by atoms with E-state index in [4.69, 9.17) is 14.7 Å². The maximum Gasteiger partial charge on any atom is 0.254 e. The fraction of sp³-hybridized carbons (Fsp3) is 0.500. The molecular weight excluding hydrogens is 322 g/mol. The summed E-state index contributed by atoms with van der Waals surface area (Å²) in [6.07, 6.45) is 1.52. The molecule has 0 saturated carbocycles. The molecule has 0 radical (unpaired) electrons. The Kier molecular flexibility index (Phi) is 6.63. The molecule has 25 heavy (non-hydrogen) atoms. The van der Waals surface area contributed by atoms with Crippen LogP contribution in [-0.2, 0) is 4.79 Å². The fourth-order valence-electron chi connectivity index (χ4n) is 2.85. The first kappa shape index (κ1) is 18.6. The standard InChI is InChI=1S/C18H23N3O4/c1-24-15-9-14(10-16(11-15)25-2)18(23)21-7-4-13(5-8-21)12-20-17(22)3-6-19/h9-11,13H,3-5,7-8,12H2,1-2H3,(H,20,22). The topological polar surface area (TPSA) is 91.7 Å². The summed E-state index contributed by atoms with van der Waals surface area (Å²) in [5.74, 6) is 1.19. The molecule has 1 aromatic rings. The predicted molar refractivity (Wildman–Crippen MR) is 91.4 cm³/mol. The second kappa shape index (κ2) is 8.92. The van der Waals surface area contributed by atoms with Gasteiger partial charge in [0.05, 0.1) is 20.3 Å². The van der Waals surface area contributed by atoms with Gasteiger partial charge in [0.15, 0.2) is 0 Å². The van der Waals surface area contributed by atoms with Crippen molar-refractivity contribution in [2.24, 2.45) is 5.92 Å². The highest BCUT2D eigenvalue weighted by molar-refractivity contribution is 5.95. The Hall–Kier alpha value is -2.75. The maximum atomic E-state index is 12.7. The summed E-state index contributed by atoms with van der Waals surface area (Å²) >= 11 is 0. The van der Waals surface area contributed by atoms with Crippen molar-refractivity contribution in [3.05, 3.63) is 23.8 Å². The number of likely N-dealkylation sites (tertiary alicyclic amines) is 1. The molecule has 1 N–H and O–H groups in total. The number of nitriles is 1. The molecule has 0 aliphatic carbocycles. The Labute approximate surface area is 147 Å². The molecule has 0 aromatic heterocycles. The highest BCUT2D eigenvalue weighted by Gasteiger charge is 2.24. The summed E-state index contributed by atoms with van der Waals surface area (Å²) in [5, 5.41) is 11.2. The zero-order chi connectivity index (χ0) is 18.2. The van der Waals surface area contributed by atoms with Crippen molar-refractivity contribution in [3.8, 4) is 17.6 Å². The molecule has 2 rings (SSSR count). The maximum absolute atomic E-state index is 12.7. The van der Waals surface area contributed by atoms with E-state index < -0.39 is 0 Å². The number of amides is 2. The SMILES string of the molecule is COc1cc(OC)cc(C(=O)N2CCC(CNC(=O)CC#N)CC2)c1. The van der Waals surface area contributed by atoms with Crippen LogP contribution in [0.1, 0.15) is 29.6 Å². The number of piperidine rings is 1. The second-order valence-corrected chi connectivity index (χ2v) is 5.98. The van der Waals surface area contributed by atoms with E-state index in [-0.39, 0.29) is 18.2 Å². The van der Waals surface area contributed by atoms with E-state index in [0.29, 0.717) is 42.6 Å². The van der Waals surface area contributed by atoms with Crippen LogP contribution in [0.25, 0.3) is 0 Å². The van der Waals surface area contributed by atoms with Crippen LogP contribution >= 0.6 is 0 Å². The van der Waals surface area contributed by atoms with Gasteiger partial charge < -0.3 is 19.7 Å². The quantitative estimate of drug-likeness (QED) is 0.845. The van der Waals surface area contributed by atoms with Crippen LogP contribution in [0.15, 0.2) is 18.2 Å². The highest BCUT2D eigenvalue weighted by Crippen LogP contribution is 2.25. The number of carbonyl (C=O) groups excluding carboxylic acids is 2. The summed E-state index contributed by atoms with van der Waals surface area (Å²) < 4.78 is 10.4. The Balaban J connectivity index is 1.91. The van der Waals surface area contributed by atoms with E-state index in [9.17, 15) is 9.59 Å². The third kappa shape index (κ3) is 5.11. The predicted octanol–water partition coefficient (Wildman–Crippen LogP) is 1.59. The van der Waals surface area contributed by atoms with Gasteiger partial charge in [0.25, 0.3) is 5.91 Å². The van der Waals surface area contributed by atoms with Crippen molar-refractivity contribution in [3.63, 3.8) is 0 Å². The first-order valence-electron chi connectivity index (χ1n) is 8.23. The molecule has 1 aliphatic heterocycles. The number of hydrogen-bond donors (Lipinski definition) is 1. The van der Waals surface area contributed by atoms with E-state index in [1.54, 1.807) is 32.4 Å². The van der Waals surface area contributed by atoms with E-state index in [1.807, 2.05) is 11.0 Å². The average Bonchev–Trinajstić information content (AvgIpc) is 2.66. The summed E-state index contributed by atoms with van der Waals surface area (Å²) in [4.78, 5) is 25.9. The number of nitrogens with zero attached hydrogens (tertiary/aromatic N) is 2. The number of carbonyl (C=O) groups is 2. The van der Waals surface area contributed by atoms with Gasteiger partial charge in [0, 0.05) is 31.3 Å². The molecule has 0 bridgehead atoms. The third-order valence-corrected chi connectivity index (χ3v) is 4.33. The highest BCUT2D eigenvalue weighted by atomic mass is 16.5. The van der Waals surface area contributed by atoms with Gasteiger partial charge in [-0.25, -0.2) is 0 Å². The van der Waals surface area contributed by atoms with Crippen LogP contribution in [0.5, 0.6) is 11.5 Å². The van der Waals surface area contributed by atoms with Gasteiger partial charge in [-0.2, -0.15) is 5.26 Å². The monoisotopic (exact) mass is 345 g/mol. The van der Waals surface area contributed by atoms with Crippen molar-refractivity contribution in [2.45, 2.75) is 19.3 Å². The fourth-order valence-corrected chi connectivity index (χ4v) is 2.85. The minimum absolute atomic E-state index is 0.0517. The van der Waals surface area contributed by atoms with Gasteiger partial charge in [0.1, 0.15) is 17.9 Å². The zero-order valence-electron chi connectivity index (χ0n) is 14.6. The first-order valence-corrected chi connectivity index (χ1v) is 8.23. The Morgan fingerprint density at radius 2 is 1.80 bits per heavy atom. The number of benzene rings is 1. The summed E-state index contributed by atoms with van der Waals surface area (Å²) in [5.41, 5.74) is 0.539. The molecule has 0 atom stereocenters. The van der Waals surface area contributed by atoms with Gasteiger partial charge in [0.2, 0.25) is 5.91 Å². The lowest BCUT2D eigenvalue weighted by atomic mass is 9.96. The van der Waals surface area contributed by atoms with Crippen LogP contribution in [0.4, 0.5) is 0 Å². The van der Waals surface area contributed by atoms with E-state index in [1.165, 1.54) is 0 Å². The Bertz CT molecular complexity index is 639. The normalized spacial score (nSPS) is 14.5. The van der Waals surface area contributed by atoms with Crippen molar-refractivity contribution in [2.75, 3.05) is 33.9 Å². The van der Waals surface area contributed by atoms with Crippen LogP contribution in [0.2, 0.25) is 0 Å².